The quantitative estimate of drug-likeness (QED) is 0.411. The third-order valence-corrected chi connectivity index (χ3v) is 5.36. The van der Waals surface area contributed by atoms with Crippen molar-refractivity contribution in [1.82, 2.24) is 19.7 Å². The van der Waals surface area contributed by atoms with Crippen molar-refractivity contribution in [3.8, 4) is 0 Å². The number of thioether (sulfide) groups is 1. The molecule has 0 saturated carbocycles. The predicted octanol–water partition coefficient (Wildman–Crippen LogP) is 3.78. The van der Waals surface area contributed by atoms with E-state index in [2.05, 4.69) is 28.1 Å². The summed E-state index contributed by atoms with van der Waals surface area (Å²) in [7, 11) is 1.87. The molecule has 24 heavy (non-hydrogen) atoms. The molecule has 0 unspecified atom stereocenters. The number of carbonyl (C=O) groups is 1. The monoisotopic (exact) mass is 340 g/mol. The van der Waals surface area contributed by atoms with Gasteiger partial charge in [0.1, 0.15) is 11.4 Å². The summed E-state index contributed by atoms with van der Waals surface area (Å²) in [5.41, 5.74) is 6.19. The standard InChI is InChI=1S/C18H20N4OS/c1-10-6-11(2)16(13(4)23)12(3)15(10)8-24-18-14-7-21-22(5)17(14)19-9-20-18/h6-7,9H,8H2,1-5H3. The molecule has 2 aromatic heterocycles. The van der Waals surface area contributed by atoms with Crippen LogP contribution in [0.25, 0.3) is 11.0 Å². The van der Waals surface area contributed by atoms with E-state index in [0.29, 0.717) is 0 Å². The summed E-state index contributed by atoms with van der Waals surface area (Å²) < 4.78 is 1.75. The van der Waals surface area contributed by atoms with Crippen LogP contribution in [-0.4, -0.2) is 25.5 Å². The van der Waals surface area contributed by atoms with Crippen LogP contribution in [0, 0.1) is 20.8 Å². The second-order valence-corrected chi connectivity index (χ2v) is 6.98. The molecule has 0 atom stereocenters. The first-order chi connectivity index (χ1) is 11.4. The first-order valence-corrected chi connectivity index (χ1v) is 8.74. The Kier molecular flexibility index (Phi) is 4.41. The van der Waals surface area contributed by atoms with Crippen molar-refractivity contribution in [3.05, 3.63) is 46.4 Å². The van der Waals surface area contributed by atoms with Gasteiger partial charge in [-0.2, -0.15) is 5.10 Å². The van der Waals surface area contributed by atoms with Crippen LogP contribution in [0.2, 0.25) is 0 Å². The summed E-state index contributed by atoms with van der Waals surface area (Å²) in [5.74, 6) is 0.882. The number of hydrogen-bond acceptors (Lipinski definition) is 5. The number of carbonyl (C=O) groups excluding carboxylic acids is 1. The number of aromatic nitrogens is 4. The Balaban J connectivity index is 1.97. The number of hydrogen-bond donors (Lipinski definition) is 0. The highest BCUT2D eigenvalue weighted by Gasteiger charge is 2.15. The number of aryl methyl sites for hydroxylation is 3. The molecule has 124 valence electrons. The average molecular weight is 340 g/mol. The van der Waals surface area contributed by atoms with E-state index in [0.717, 1.165) is 38.5 Å². The molecular formula is C18H20N4OS. The maximum Gasteiger partial charge on any atom is 0.162 e. The normalized spacial score (nSPS) is 11.2. The molecule has 3 rings (SSSR count). The highest BCUT2D eigenvalue weighted by molar-refractivity contribution is 7.98. The Bertz CT molecular complexity index is 946. The predicted molar refractivity (Wildman–Crippen MR) is 96.5 cm³/mol. The fourth-order valence-electron chi connectivity index (χ4n) is 3.19. The molecule has 0 aliphatic heterocycles. The maximum atomic E-state index is 12.0. The Morgan fingerprint density at radius 1 is 1.21 bits per heavy atom. The van der Waals surface area contributed by atoms with Gasteiger partial charge in [-0.3, -0.25) is 9.48 Å². The Hall–Kier alpha value is -2.21. The molecule has 0 fully saturated rings. The zero-order chi connectivity index (χ0) is 17.4. The van der Waals surface area contributed by atoms with Crippen LogP contribution in [0.1, 0.15) is 39.5 Å². The fraction of sp³-hybridized carbons (Fsp3) is 0.333. The van der Waals surface area contributed by atoms with Gasteiger partial charge in [0.2, 0.25) is 0 Å². The number of benzene rings is 1. The van der Waals surface area contributed by atoms with Gasteiger partial charge in [0, 0.05) is 18.4 Å². The minimum Gasteiger partial charge on any atom is -0.294 e. The van der Waals surface area contributed by atoms with Crippen LogP contribution >= 0.6 is 11.8 Å². The van der Waals surface area contributed by atoms with E-state index in [4.69, 9.17) is 0 Å². The second kappa shape index (κ2) is 6.36. The van der Waals surface area contributed by atoms with Gasteiger partial charge >= 0.3 is 0 Å². The number of rotatable bonds is 4. The summed E-state index contributed by atoms with van der Waals surface area (Å²) >= 11 is 1.66. The topological polar surface area (TPSA) is 60.7 Å². The third kappa shape index (κ3) is 2.82. The Labute approximate surface area is 145 Å². The summed E-state index contributed by atoms with van der Waals surface area (Å²) in [5, 5.41) is 6.12. The SMILES string of the molecule is CC(=O)c1c(C)cc(C)c(CSc2ncnc3c2cnn3C)c1C. The van der Waals surface area contributed by atoms with Crippen molar-refractivity contribution in [2.24, 2.45) is 7.05 Å². The van der Waals surface area contributed by atoms with Crippen molar-refractivity contribution in [2.45, 2.75) is 38.5 Å². The lowest BCUT2D eigenvalue weighted by atomic mass is 9.92. The van der Waals surface area contributed by atoms with Crippen molar-refractivity contribution in [3.63, 3.8) is 0 Å². The molecule has 5 nitrogen and oxygen atoms in total. The van der Waals surface area contributed by atoms with Crippen molar-refractivity contribution in [1.29, 1.82) is 0 Å². The van der Waals surface area contributed by atoms with Crippen molar-refractivity contribution >= 4 is 28.6 Å². The Morgan fingerprint density at radius 3 is 2.67 bits per heavy atom. The number of nitrogens with zero attached hydrogens (tertiary/aromatic N) is 4. The molecular weight excluding hydrogens is 320 g/mol. The van der Waals surface area contributed by atoms with E-state index in [-0.39, 0.29) is 5.78 Å². The molecule has 0 radical (unpaired) electrons. The van der Waals surface area contributed by atoms with Crippen LogP contribution in [0.5, 0.6) is 0 Å². The molecule has 0 spiro atoms. The number of Topliss-reactive ketones (excluding diaryl/α,β-unsaturated/α-hetero) is 1. The van der Waals surface area contributed by atoms with E-state index in [1.807, 2.05) is 20.9 Å². The molecule has 1 aromatic carbocycles. The van der Waals surface area contributed by atoms with Gasteiger partial charge in [-0.05, 0) is 49.9 Å². The molecule has 0 saturated heterocycles. The third-order valence-electron chi connectivity index (χ3n) is 4.33. The lowest BCUT2D eigenvalue weighted by Crippen LogP contribution is -2.05. The molecule has 0 bridgehead atoms. The fourth-order valence-corrected chi connectivity index (χ4v) is 4.33. The van der Waals surface area contributed by atoms with Gasteiger partial charge in [0.05, 0.1) is 11.6 Å². The lowest BCUT2D eigenvalue weighted by molar-refractivity contribution is 0.101. The van der Waals surface area contributed by atoms with Crippen LogP contribution in [0.3, 0.4) is 0 Å². The zero-order valence-corrected chi connectivity index (χ0v) is 15.4. The van der Waals surface area contributed by atoms with Gasteiger partial charge in [-0.1, -0.05) is 6.07 Å². The summed E-state index contributed by atoms with van der Waals surface area (Å²) in [6.07, 6.45) is 3.37. The lowest BCUT2D eigenvalue weighted by Gasteiger charge is -2.15. The van der Waals surface area contributed by atoms with Gasteiger partial charge in [-0.25, -0.2) is 9.97 Å². The summed E-state index contributed by atoms with van der Waals surface area (Å²) in [6, 6.07) is 2.10. The van der Waals surface area contributed by atoms with E-state index in [1.54, 1.807) is 35.9 Å². The van der Waals surface area contributed by atoms with E-state index in [9.17, 15) is 4.79 Å². The highest BCUT2D eigenvalue weighted by Crippen LogP contribution is 2.31. The smallest absolute Gasteiger partial charge is 0.162 e. The molecule has 6 heteroatoms. The van der Waals surface area contributed by atoms with Crippen LogP contribution in [0.4, 0.5) is 0 Å². The first kappa shape index (κ1) is 16.6. The molecule has 0 aliphatic carbocycles. The maximum absolute atomic E-state index is 12.0. The van der Waals surface area contributed by atoms with Gasteiger partial charge in [0.25, 0.3) is 0 Å². The average Bonchev–Trinajstić information content (AvgIpc) is 2.88. The molecule has 0 N–H and O–H groups in total. The van der Waals surface area contributed by atoms with Crippen molar-refractivity contribution < 1.29 is 4.79 Å². The number of ketones is 1. The van der Waals surface area contributed by atoms with Crippen LogP contribution in [-0.2, 0) is 12.8 Å². The summed E-state index contributed by atoms with van der Waals surface area (Å²) in [6.45, 7) is 7.76. The van der Waals surface area contributed by atoms with Crippen molar-refractivity contribution in [2.75, 3.05) is 0 Å². The van der Waals surface area contributed by atoms with Gasteiger partial charge in [-0.15, -0.1) is 11.8 Å². The van der Waals surface area contributed by atoms with E-state index in [1.165, 1.54) is 11.1 Å². The molecule has 2 heterocycles. The highest BCUT2D eigenvalue weighted by atomic mass is 32.2. The largest absolute Gasteiger partial charge is 0.294 e. The molecule has 0 amide bonds. The minimum atomic E-state index is 0.118. The minimum absolute atomic E-state index is 0.118. The zero-order valence-electron chi connectivity index (χ0n) is 14.5. The van der Waals surface area contributed by atoms with E-state index >= 15 is 0 Å². The van der Waals surface area contributed by atoms with E-state index < -0.39 is 0 Å². The van der Waals surface area contributed by atoms with Gasteiger partial charge < -0.3 is 0 Å². The first-order valence-electron chi connectivity index (χ1n) is 7.76. The number of fused-ring (bicyclic) bond motifs is 1. The molecule has 3 aromatic rings. The second-order valence-electron chi connectivity index (χ2n) is 6.02. The van der Waals surface area contributed by atoms with Gasteiger partial charge in [0.15, 0.2) is 11.4 Å². The van der Waals surface area contributed by atoms with Crippen LogP contribution < -0.4 is 0 Å². The molecule has 0 aliphatic rings. The summed E-state index contributed by atoms with van der Waals surface area (Å²) in [4.78, 5) is 20.6. The van der Waals surface area contributed by atoms with Crippen LogP contribution in [0.15, 0.2) is 23.6 Å². The Morgan fingerprint density at radius 2 is 1.96 bits per heavy atom.